The third-order valence-corrected chi connectivity index (χ3v) is 4.42. The van der Waals surface area contributed by atoms with E-state index >= 15 is 0 Å². The van der Waals surface area contributed by atoms with Gasteiger partial charge in [-0.25, -0.2) is 5.43 Å². The molecule has 0 saturated heterocycles. The number of carbonyl (C=O) groups excluding carboxylic acids is 2. The molecule has 3 rings (SSSR count). The number of hydrazone groups is 1. The van der Waals surface area contributed by atoms with Gasteiger partial charge in [-0.3, -0.25) is 9.59 Å². The molecule has 0 unspecified atom stereocenters. The Balaban J connectivity index is 1.44. The van der Waals surface area contributed by atoms with Gasteiger partial charge in [0.05, 0.1) is 12.8 Å². The number of carbonyl (C=O) groups is 2. The summed E-state index contributed by atoms with van der Waals surface area (Å²) in [7, 11) is 0. The number of ether oxygens (including phenoxy) is 2. The number of amides is 2. The Morgan fingerprint density at radius 1 is 0.844 bits per heavy atom. The van der Waals surface area contributed by atoms with Crippen molar-refractivity contribution >= 4 is 23.7 Å². The van der Waals surface area contributed by atoms with Gasteiger partial charge in [-0.2, -0.15) is 5.10 Å². The van der Waals surface area contributed by atoms with Crippen LogP contribution in [-0.4, -0.2) is 24.6 Å². The van der Waals surface area contributed by atoms with E-state index in [0.29, 0.717) is 24.7 Å². The number of hydrogen-bond acceptors (Lipinski definition) is 5. The molecule has 0 saturated carbocycles. The molecule has 32 heavy (non-hydrogen) atoms. The van der Waals surface area contributed by atoms with Gasteiger partial charge in [0.1, 0.15) is 18.1 Å². The Hall–Kier alpha value is -4.13. The van der Waals surface area contributed by atoms with Crippen LogP contribution in [0.3, 0.4) is 0 Å². The van der Waals surface area contributed by atoms with Crippen molar-refractivity contribution in [3.05, 3.63) is 89.5 Å². The van der Waals surface area contributed by atoms with Gasteiger partial charge in [0.2, 0.25) is 0 Å². The average molecular weight is 431 g/mol. The molecule has 3 aromatic rings. The Kier molecular flexibility index (Phi) is 7.97. The fourth-order valence-corrected chi connectivity index (χ4v) is 2.71. The molecule has 0 atom stereocenters. The van der Waals surface area contributed by atoms with Crippen molar-refractivity contribution in [2.75, 3.05) is 11.9 Å². The summed E-state index contributed by atoms with van der Waals surface area (Å²) in [5.41, 5.74) is 5.74. The number of rotatable bonds is 8. The van der Waals surface area contributed by atoms with E-state index in [1.165, 1.54) is 11.8 Å². The minimum Gasteiger partial charge on any atom is -0.494 e. The highest BCUT2D eigenvalue weighted by Gasteiger charge is 2.12. The summed E-state index contributed by atoms with van der Waals surface area (Å²) in [5, 5.41) is 6.33. The quantitative estimate of drug-likeness (QED) is 0.320. The van der Waals surface area contributed by atoms with Gasteiger partial charge in [-0.05, 0) is 73.5 Å². The van der Waals surface area contributed by atoms with Crippen LogP contribution in [-0.2, 0) is 16.2 Å². The van der Waals surface area contributed by atoms with E-state index in [2.05, 4.69) is 15.8 Å². The molecule has 3 aromatic carbocycles. The summed E-state index contributed by atoms with van der Waals surface area (Å²) in [6.45, 7) is 4.96. The second-order valence-corrected chi connectivity index (χ2v) is 6.95. The van der Waals surface area contributed by atoms with Crippen molar-refractivity contribution in [1.82, 2.24) is 5.43 Å². The van der Waals surface area contributed by atoms with Crippen LogP contribution >= 0.6 is 0 Å². The van der Waals surface area contributed by atoms with Crippen molar-refractivity contribution in [2.45, 2.75) is 20.5 Å². The normalized spacial score (nSPS) is 10.6. The van der Waals surface area contributed by atoms with Crippen LogP contribution in [0.5, 0.6) is 11.5 Å². The lowest BCUT2D eigenvalue weighted by molar-refractivity contribution is -0.136. The minimum absolute atomic E-state index is 0.479. The van der Waals surface area contributed by atoms with E-state index in [9.17, 15) is 9.59 Å². The molecule has 0 aromatic heterocycles. The first-order valence-electron chi connectivity index (χ1n) is 10.2. The highest BCUT2D eigenvalue weighted by atomic mass is 16.5. The zero-order valence-electron chi connectivity index (χ0n) is 18.0. The smallest absolute Gasteiger partial charge is 0.329 e. The molecular weight excluding hydrogens is 406 g/mol. The van der Waals surface area contributed by atoms with Gasteiger partial charge >= 0.3 is 11.8 Å². The maximum atomic E-state index is 12.0. The molecule has 0 fully saturated rings. The minimum atomic E-state index is -0.867. The van der Waals surface area contributed by atoms with Gasteiger partial charge in [-0.1, -0.05) is 29.8 Å². The molecule has 0 aliphatic carbocycles. The average Bonchev–Trinajstić information content (AvgIpc) is 2.81. The van der Waals surface area contributed by atoms with Crippen molar-refractivity contribution < 1.29 is 19.1 Å². The third kappa shape index (κ3) is 6.98. The molecule has 164 valence electrons. The zero-order chi connectivity index (χ0) is 22.8. The molecule has 0 aliphatic heterocycles. The van der Waals surface area contributed by atoms with Crippen LogP contribution in [0.15, 0.2) is 77.9 Å². The van der Waals surface area contributed by atoms with Crippen molar-refractivity contribution in [1.29, 1.82) is 0 Å². The summed E-state index contributed by atoms with van der Waals surface area (Å²) < 4.78 is 11.1. The van der Waals surface area contributed by atoms with Crippen LogP contribution in [0.2, 0.25) is 0 Å². The Labute approximate surface area is 187 Å². The van der Waals surface area contributed by atoms with Gasteiger partial charge in [-0.15, -0.1) is 0 Å². The van der Waals surface area contributed by atoms with E-state index in [0.717, 1.165) is 16.9 Å². The second kappa shape index (κ2) is 11.3. The fraction of sp³-hybridized carbons (Fsp3) is 0.160. The number of nitrogens with zero attached hydrogens (tertiary/aromatic N) is 1. The van der Waals surface area contributed by atoms with Gasteiger partial charge in [0, 0.05) is 5.69 Å². The first-order valence-corrected chi connectivity index (χ1v) is 10.2. The first kappa shape index (κ1) is 22.6. The maximum Gasteiger partial charge on any atom is 0.329 e. The first-order chi connectivity index (χ1) is 15.5. The number of hydrogen-bond donors (Lipinski definition) is 2. The predicted molar refractivity (Wildman–Crippen MR) is 124 cm³/mol. The SMILES string of the molecule is CCOc1ccc(NC(=O)C(=O)N/N=C\c2ccc(OCc3ccc(C)cc3)cc2)cc1. The number of nitrogens with one attached hydrogen (secondary N) is 2. The van der Waals surface area contributed by atoms with E-state index in [1.54, 1.807) is 36.4 Å². The highest BCUT2D eigenvalue weighted by molar-refractivity contribution is 6.39. The zero-order valence-corrected chi connectivity index (χ0v) is 18.0. The topological polar surface area (TPSA) is 89.0 Å². The van der Waals surface area contributed by atoms with Crippen LogP contribution in [0.4, 0.5) is 5.69 Å². The summed E-state index contributed by atoms with van der Waals surface area (Å²) in [4.78, 5) is 23.9. The number of benzene rings is 3. The lowest BCUT2D eigenvalue weighted by atomic mass is 10.2. The standard InChI is InChI=1S/C25H25N3O4/c1-3-31-22-14-10-21(11-15-22)27-24(29)25(30)28-26-16-19-8-12-23(13-9-19)32-17-20-6-4-18(2)5-7-20/h4-16H,3,17H2,1-2H3,(H,27,29)(H,28,30)/b26-16-. The number of anilines is 1. The largest absolute Gasteiger partial charge is 0.494 e. The van der Waals surface area contributed by atoms with Gasteiger partial charge in [0.15, 0.2) is 0 Å². The summed E-state index contributed by atoms with van der Waals surface area (Å²) >= 11 is 0. The predicted octanol–water partition coefficient (Wildman–Crippen LogP) is 4.06. The Bertz CT molecular complexity index is 1060. The van der Waals surface area contributed by atoms with Crippen molar-refractivity contribution in [3.63, 3.8) is 0 Å². The van der Waals surface area contributed by atoms with Crippen LogP contribution in [0.1, 0.15) is 23.6 Å². The van der Waals surface area contributed by atoms with E-state index < -0.39 is 11.8 Å². The van der Waals surface area contributed by atoms with E-state index in [4.69, 9.17) is 9.47 Å². The summed E-state index contributed by atoms with van der Waals surface area (Å²) in [6.07, 6.45) is 1.45. The van der Waals surface area contributed by atoms with Crippen LogP contribution in [0.25, 0.3) is 0 Å². The molecule has 7 nitrogen and oxygen atoms in total. The molecule has 0 radical (unpaired) electrons. The van der Waals surface area contributed by atoms with Crippen molar-refractivity contribution in [3.8, 4) is 11.5 Å². The highest BCUT2D eigenvalue weighted by Crippen LogP contribution is 2.16. The van der Waals surface area contributed by atoms with Gasteiger partial charge in [0.25, 0.3) is 0 Å². The van der Waals surface area contributed by atoms with Gasteiger partial charge < -0.3 is 14.8 Å². The lowest BCUT2D eigenvalue weighted by Gasteiger charge is -2.07. The van der Waals surface area contributed by atoms with Crippen LogP contribution in [0, 0.1) is 6.92 Å². The van der Waals surface area contributed by atoms with E-state index in [-0.39, 0.29) is 0 Å². The molecule has 7 heteroatoms. The van der Waals surface area contributed by atoms with Crippen molar-refractivity contribution in [2.24, 2.45) is 5.10 Å². The third-order valence-electron chi connectivity index (χ3n) is 4.42. The summed E-state index contributed by atoms with van der Waals surface area (Å²) in [6, 6.07) is 22.1. The molecule has 0 bridgehead atoms. The molecule has 2 amide bonds. The molecule has 2 N–H and O–H groups in total. The Morgan fingerprint density at radius 2 is 1.47 bits per heavy atom. The fourth-order valence-electron chi connectivity index (χ4n) is 2.71. The summed E-state index contributed by atoms with van der Waals surface area (Å²) in [5.74, 6) is -0.271. The molecular formula is C25H25N3O4. The molecule has 0 aliphatic rings. The van der Waals surface area contributed by atoms with E-state index in [1.807, 2.05) is 50.2 Å². The Morgan fingerprint density at radius 3 is 2.12 bits per heavy atom. The lowest BCUT2D eigenvalue weighted by Crippen LogP contribution is -2.32. The van der Waals surface area contributed by atoms with Crippen LogP contribution < -0.4 is 20.2 Å². The second-order valence-electron chi connectivity index (χ2n) is 6.95. The number of aryl methyl sites for hydroxylation is 1. The monoisotopic (exact) mass is 431 g/mol. The maximum absolute atomic E-state index is 12.0. The molecule has 0 heterocycles. The molecule has 0 spiro atoms.